The van der Waals surface area contributed by atoms with Crippen molar-refractivity contribution in [3.05, 3.63) is 77.9 Å². The van der Waals surface area contributed by atoms with Crippen molar-refractivity contribution >= 4 is 11.6 Å². The van der Waals surface area contributed by atoms with Crippen molar-refractivity contribution in [2.75, 3.05) is 11.4 Å². The van der Waals surface area contributed by atoms with Crippen LogP contribution in [-0.2, 0) is 6.42 Å². The second kappa shape index (κ2) is 5.96. The summed E-state index contributed by atoms with van der Waals surface area (Å²) in [5.74, 6) is 0.00107. The number of benzene rings is 2. The van der Waals surface area contributed by atoms with Crippen molar-refractivity contribution in [3.8, 4) is 5.69 Å². The molecule has 2 heterocycles. The molecule has 0 aliphatic carbocycles. The second-order valence-electron chi connectivity index (χ2n) is 6.18. The van der Waals surface area contributed by atoms with E-state index >= 15 is 0 Å². The van der Waals surface area contributed by atoms with Crippen molar-refractivity contribution in [3.63, 3.8) is 0 Å². The minimum atomic E-state index is 0.00107. The lowest BCUT2D eigenvalue weighted by molar-refractivity contribution is 0.0978. The summed E-state index contributed by atoms with van der Waals surface area (Å²) in [7, 11) is 0. The maximum atomic E-state index is 13.2. The summed E-state index contributed by atoms with van der Waals surface area (Å²) in [6.07, 6.45) is 5.36. The van der Waals surface area contributed by atoms with Crippen molar-refractivity contribution in [1.29, 1.82) is 0 Å². The van der Waals surface area contributed by atoms with Gasteiger partial charge in [-0.15, -0.1) is 0 Å². The highest BCUT2D eigenvalue weighted by molar-refractivity contribution is 6.06. The predicted molar refractivity (Wildman–Crippen MR) is 94.7 cm³/mol. The van der Waals surface area contributed by atoms with Crippen molar-refractivity contribution < 1.29 is 4.79 Å². The molecule has 0 atom stereocenters. The normalized spacial score (nSPS) is 13.6. The third kappa shape index (κ3) is 2.50. The third-order valence-electron chi connectivity index (χ3n) is 4.49. The van der Waals surface area contributed by atoms with E-state index in [1.807, 2.05) is 39.8 Å². The summed E-state index contributed by atoms with van der Waals surface area (Å²) in [6.45, 7) is 2.83. The fourth-order valence-corrected chi connectivity index (χ4v) is 3.32. The van der Waals surface area contributed by atoms with E-state index < -0.39 is 0 Å². The SMILES string of the molecule is Cc1ccc2c(c1)CCCN2C(=O)c1cncn1-c1ccccc1. The second-order valence-corrected chi connectivity index (χ2v) is 6.18. The number of carbonyl (C=O) groups excluding carboxylic acids is 1. The first-order chi connectivity index (χ1) is 11.7. The first-order valence-corrected chi connectivity index (χ1v) is 8.23. The highest BCUT2D eigenvalue weighted by atomic mass is 16.2. The van der Waals surface area contributed by atoms with E-state index in [2.05, 4.69) is 30.1 Å². The minimum absolute atomic E-state index is 0.00107. The monoisotopic (exact) mass is 317 g/mol. The van der Waals surface area contributed by atoms with Crippen molar-refractivity contribution in [2.24, 2.45) is 0 Å². The Morgan fingerprint density at radius 2 is 1.96 bits per heavy atom. The standard InChI is InChI=1S/C20H19N3O/c1-15-9-10-18-16(12-15)6-5-11-22(18)20(24)19-13-21-14-23(19)17-7-3-2-4-8-17/h2-4,7-10,12-14H,5-6,11H2,1H3. The molecule has 0 N–H and O–H groups in total. The maximum Gasteiger partial charge on any atom is 0.276 e. The third-order valence-corrected chi connectivity index (χ3v) is 4.49. The Morgan fingerprint density at radius 1 is 1.12 bits per heavy atom. The number of aromatic nitrogens is 2. The number of anilines is 1. The minimum Gasteiger partial charge on any atom is -0.307 e. The van der Waals surface area contributed by atoms with Gasteiger partial charge in [0.15, 0.2) is 0 Å². The summed E-state index contributed by atoms with van der Waals surface area (Å²) in [6, 6.07) is 16.2. The van der Waals surface area contributed by atoms with Crippen LogP contribution in [0.3, 0.4) is 0 Å². The topological polar surface area (TPSA) is 38.1 Å². The molecule has 120 valence electrons. The van der Waals surface area contributed by atoms with Gasteiger partial charge in [-0.2, -0.15) is 0 Å². The largest absolute Gasteiger partial charge is 0.307 e. The van der Waals surface area contributed by atoms with Crippen molar-refractivity contribution in [1.82, 2.24) is 9.55 Å². The molecule has 24 heavy (non-hydrogen) atoms. The van der Waals surface area contributed by atoms with Crippen molar-refractivity contribution in [2.45, 2.75) is 19.8 Å². The summed E-state index contributed by atoms with van der Waals surface area (Å²) in [5.41, 5.74) is 5.05. The Bertz CT molecular complexity index is 883. The Morgan fingerprint density at radius 3 is 2.79 bits per heavy atom. The molecule has 4 heteroatoms. The molecule has 1 aliphatic heterocycles. The maximum absolute atomic E-state index is 13.2. The van der Waals surface area contributed by atoms with Gasteiger partial charge in [0.1, 0.15) is 5.69 Å². The van der Waals surface area contributed by atoms with Gasteiger partial charge in [-0.05, 0) is 43.5 Å². The molecule has 0 unspecified atom stereocenters. The van der Waals surface area contributed by atoms with Gasteiger partial charge in [0.25, 0.3) is 5.91 Å². The zero-order valence-electron chi connectivity index (χ0n) is 13.6. The Hall–Kier alpha value is -2.88. The van der Waals surface area contributed by atoms with Gasteiger partial charge >= 0.3 is 0 Å². The Labute approximate surface area is 141 Å². The average Bonchev–Trinajstić information content (AvgIpc) is 3.11. The molecule has 4 rings (SSSR count). The quantitative estimate of drug-likeness (QED) is 0.721. The molecule has 4 nitrogen and oxygen atoms in total. The number of para-hydroxylation sites is 1. The van der Waals surface area contributed by atoms with E-state index in [0.717, 1.165) is 30.8 Å². The lowest BCUT2D eigenvalue weighted by Gasteiger charge is -2.30. The van der Waals surface area contributed by atoms with Crippen LogP contribution in [-0.4, -0.2) is 22.0 Å². The average molecular weight is 317 g/mol. The number of nitrogens with zero attached hydrogens (tertiary/aromatic N) is 3. The van der Waals surface area contributed by atoms with Gasteiger partial charge in [0.05, 0.1) is 12.5 Å². The van der Waals surface area contributed by atoms with Crippen LogP contribution in [0, 0.1) is 6.92 Å². The van der Waals surface area contributed by atoms with E-state index in [9.17, 15) is 4.79 Å². The molecule has 2 aromatic carbocycles. The number of hydrogen-bond donors (Lipinski definition) is 0. The first kappa shape index (κ1) is 14.7. The van der Waals surface area contributed by atoms with E-state index in [1.165, 1.54) is 11.1 Å². The molecule has 0 bridgehead atoms. The fourth-order valence-electron chi connectivity index (χ4n) is 3.32. The molecule has 3 aromatic rings. The number of fused-ring (bicyclic) bond motifs is 1. The molecule has 0 spiro atoms. The lowest BCUT2D eigenvalue weighted by atomic mass is 9.99. The van der Waals surface area contributed by atoms with Crippen LogP contribution in [0.1, 0.15) is 28.0 Å². The number of amides is 1. The predicted octanol–water partition coefficient (Wildman–Crippen LogP) is 3.77. The summed E-state index contributed by atoms with van der Waals surface area (Å²) in [5, 5.41) is 0. The molecule has 0 radical (unpaired) electrons. The summed E-state index contributed by atoms with van der Waals surface area (Å²) >= 11 is 0. The molecule has 0 saturated heterocycles. The molecule has 1 amide bonds. The molecular formula is C20H19N3O. The van der Waals surface area contributed by atoms with E-state index in [4.69, 9.17) is 0 Å². The highest BCUT2D eigenvalue weighted by Gasteiger charge is 2.26. The number of hydrogen-bond acceptors (Lipinski definition) is 2. The van der Waals surface area contributed by atoms with E-state index in [0.29, 0.717) is 5.69 Å². The first-order valence-electron chi connectivity index (χ1n) is 8.23. The van der Waals surface area contributed by atoms with Crippen LogP contribution in [0.5, 0.6) is 0 Å². The van der Waals surface area contributed by atoms with Crippen LogP contribution < -0.4 is 4.90 Å². The van der Waals surface area contributed by atoms with Gasteiger partial charge in [-0.1, -0.05) is 35.9 Å². The van der Waals surface area contributed by atoms with Gasteiger partial charge in [0, 0.05) is 17.9 Å². The Balaban J connectivity index is 1.73. The van der Waals surface area contributed by atoms with Gasteiger partial charge in [-0.3, -0.25) is 9.36 Å². The molecule has 1 aliphatic rings. The number of imidazole rings is 1. The van der Waals surface area contributed by atoms with Crippen LogP contribution >= 0.6 is 0 Å². The zero-order valence-corrected chi connectivity index (χ0v) is 13.6. The van der Waals surface area contributed by atoms with Crippen LogP contribution in [0.15, 0.2) is 61.1 Å². The molecule has 0 fully saturated rings. The van der Waals surface area contributed by atoms with Crippen LogP contribution in [0.2, 0.25) is 0 Å². The molecule has 1 aromatic heterocycles. The van der Waals surface area contributed by atoms with Gasteiger partial charge in [-0.25, -0.2) is 4.98 Å². The van der Waals surface area contributed by atoms with E-state index in [-0.39, 0.29) is 5.91 Å². The lowest BCUT2D eigenvalue weighted by Crippen LogP contribution is -2.36. The van der Waals surface area contributed by atoms with Gasteiger partial charge in [0.2, 0.25) is 0 Å². The Kier molecular flexibility index (Phi) is 3.65. The summed E-state index contributed by atoms with van der Waals surface area (Å²) in [4.78, 5) is 19.3. The van der Waals surface area contributed by atoms with E-state index in [1.54, 1.807) is 12.5 Å². The molecular weight excluding hydrogens is 298 g/mol. The molecule has 0 saturated carbocycles. The number of carbonyl (C=O) groups is 1. The zero-order chi connectivity index (χ0) is 16.5. The fraction of sp³-hybridized carbons (Fsp3) is 0.200. The number of aryl methyl sites for hydroxylation is 2. The van der Waals surface area contributed by atoms with Gasteiger partial charge < -0.3 is 4.90 Å². The smallest absolute Gasteiger partial charge is 0.276 e. The highest BCUT2D eigenvalue weighted by Crippen LogP contribution is 2.29. The van der Waals surface area contributed by atoms with Crippen LogP contribution in [0.25, 0.3) is 5.69 Å². The van der Waals surface area contributed by atoms with Crippen LogP contribution in [0.4, 0.5) is 5.69 Å². The number of rotatable bonds is 2. The summed E-state index contributed by atoms with van der Waals surface area (Å²) < 4.78 is 1.85.